The van der Waals surface area contributed by atoms with Gasteiger partial charge in [0.1, 0.15) is 0 Å². The molecule has 1 aromatic heterocycles. The van der Waals surface area contributed by atoms with Crippen molar-refractivity contribution in [2.45, 2.75) is 46.1 Å². The first-order valence-corrected chi connectivity index (χ1v) is 7.73. The largest absolute Gasteiger partial charge is 0.380 e. The highest BCUT2D eigenvalue weighted by atomic mass is 32.1. The molecule has 1 heterocycles. The molecule has 0 aliphatic heterocycles. The van der Waals surface area contributed by atoms with Crippen LogP contribution in [0.25, 0.3) is 0 Å². The molecule has 0 amide bonds. The van der Waals surface area contributed by atoms with Crippen molar-refractivity contribution >= 4 is 17.0 Å². The molecule has 0 radical (unpaired) electrons. The second kappa shape index (κ2) is 5.79. The Bertz CT molecular complexity index is 534. The lowest BCUT2D eigenvalue weighted by Crippen LogP contribution is -2.07. The summed E-state index contributed by atoms with van der Waals surface area (Å²) in [5.41, 5.74) is 2.90. The lowest BCUT2D eigenvalue weighted by atomic mass is 9.95. The van der Waals surface area contributed by atoms with E-state index in [0.717, 1.165) is 13.0 Å². The summed E-state index contributed by atoms with van der Waals surface area (Å²) in [5.74, 6) is 0. The average Bonchev–Trinajstić information content (AvgIpc) is 2.85. The number of rotatable bonds is 4. The van der Waals surface area contributed by atoms with E-state index in [1.54, 1.807) is 0 Å². The van der Waals surface area contributed by atoms with Crippen LogP contribution in [0, 0.1) is 0 Å². The maximum Gasteiger partial charge on any atom is 0.0494 e. The Hall–Kier alpha value is -1.28. The van der Waals surface area contributed by atoms with Crippen LogP contribution in [-0.4, -0.2) is 0 Å². The second-order valence-corrected chi connectivity index (χ2v) is 7.05. The Labute approximate surface area is 120 Å². The zero-order chi connectivity index (χ0) is 13.9. The van der Waals surface area contributed by atoms with Gasteiger partial charge in [0.15, 0.2) is 0 Å². The summed E-state index contributed by atoms with van der Waals surface area (Å²) in [5, 5.41) is 3.56. The number of aryl methyl sites for hydroxylation is 1. The number of anilines is 1. The molecule has 2 aromatic rings. The molecule has 0 saturated carbocycles. The normalized spacial score (nSPS) is 11.6. The van der Waals surface area contributed by atoms with E-state index in [4.69, 9.17) is 0 Å². The molecule has 1 aromatic carbocycles. The van der Waals surface area contributed by atoms with E-state index in [0.29, 0.717) is 0 Å². The van der Waals surface area contributed by atoms with Crippen molar-refractivity contribution in [3.8, 4) is 0 Å². The molecule has 0 unspecified atom stereocenters. The van der Waals surface area contributed by atoms with Crippen LogP contribution in [-0.2, 0) is 18.4 Å². The van der Waals surface area contributed by atoms with Gasteiger partial charge in [-0.3, -0.25) is 0 Å². The Balaban J connectivity index is 2.05. The van der Waals surface area contributed by atoms with Crippen LogP contribution in [0.4, 0.5) is 5.69 Å². The maximum atomic E-state index is 3.56. The third-order valence-electron chi connectivity index (χ3n) is 3.25. The summed E-state index contributed by atoms with van der Waals surface area (Å²) < 4.78 is 0. The summed E-state index contributed by atoms with van der Waals surface area (Å²) >= 11 is 1.91. The van der Waals surface area contributed by atoms with E-state index in [-0.39, 0.29) is 5.41 Å². The monoisotopic (exact) mass is 273 g/mol. The number of nitrogens with one attached hydrogen (secondary N) is 1. The van der Waals surface area contributed by atoms with Crippen LogP contribution in [0.1, 0.15) is 43.0 Å². The smallest absolute Gasteiger partial charge is 0.0494 e. The van der Waals surface area contributed by atoms with Crippen LogP contribution in [0.2, 0.25) is 0 Å². The van der Waals surface area contributed by atoms with Crippen molar-refractivity contribution in [1.29, 1.82) is 0 Å². The number of thiophene rings is 1. The minimum Gasteiger partial charge on any atom is -0.380 e. The molecular weight excluding hydrogens is 250 g/mol. The van der Waals surface area contributed by atoms with E-state index in [1.165, 1.54) is 21.0 Å². The first kappa shape index (κ1) is 14.1. The predicted molar refractivity (Wildman–Crippen MR) is 86.2 cm³/mol. The van der Waals surface area contributed by atoms with Gasteiger partial charge in [0.2, 0.25) is 0 Å². The first-order valence-electron chi connectivity index (χ1n) is 6.91. The Morgan fingerprint density at radius 3 is 2.42 bits per heavy atom. The minimum absolute atomic E-state index is 0.254. The number of para-hydroxylation sites is 1. The first-order chi connectivity index (χ1) is 9.00. The van der Waals surface area contributed by atoms with E-state index < -0.39 is 0 Å². The molecule has 1 nitrogen and oxygen atoms in total. The molecule has 102 valence electrons. The van der Waals surface area contributed by atoms with Crippen LogP contribution in [0.15, 0.2) is 36.4 Å². The highest BCUT2D eigenvalue weighted by Crippen LogP contribution is 2.30. The van der Waals surface area contributed by atoms with E-state index in [9.17, 15) is 0 Å². The Kier molecular flexibility index (Phi) is 4.31. The van der Waals surface area contributed by atoms with E-state index >= 15 is 0 Å². The molecule has 2 heteroatoms. The van der Waals surface area contributed by atoms with Gasteiger partial charge in [-0.05, 0) is 35.6 Å². The fraction of sp³-hybridized carbons (Fsp3) is 0.412. The van der Waals surface area contributed by atoms with Crippen LogP contribution >= 0.6 is 11.3 Å². The predicted octanol–water partition coefficient (Wildman–Crippen LogP) is 5.22. The number of hydrogen-bond acceptors (Lipinski definition) is 2. The highest BCUT2D eigenvalue weighted by Gasteiger charge is 2.15. The van der Waals surface area contributed by atoms with Crippen LogP contribution < -0.4 is 5.32 Å². The fourth-order valence-corrected chi connectivity index (χ4v) is 3.06. The maximum absolute atomic E-state index is 3.56. The zero-order valence-corrected chi connectivity index (χ0v) is 13.1. The summed E-state index contributed by atoms with van der Waals surface area (Å²) in [6.07, 6.45) is 1.07. The second-order valence-electron chi connectivity index (χ2n) is 5.88. The van der Waals surface area contributed by atoms with Crippen molar-refractivity contribution in [2.24, 2.45) is 0 Å². The van der Waals surface area contributed by atoms with Crippen molar-refractivity contribution in [1.82, 2.24) is 0 Å². The lowest BCUT2D eigenvalue weighted by molar-refractivity contribution is 0.604. The fourth-order valence-electron chi connectivity index (χ4n) is 2.06. The van der Waals surface area contributed by atoms with Crippen molar-refractivity contribution in [3.63, 3.8) is 0 Å². The molecule has 0 spiro atoms. The lowest BCUT2D eigenvalue weighted by Gasteiger charge is -2.15. The molecule has 0 aliphatic carbocycles. The Morgan fingerprint density at radius 2 is 1.79 bits per heavy atom. The van der Waals surface area contributed by atoms with Gasteiger partial charge in [0.25, 0.3) is 0 Å². The summed E-state index contributed by atoms with van der Waals surface area (Å²) in [4.78, 5) is 2.85. The van der Waals surface area contributed by atoms with Crippen LogP contribution in [0.5, 0.6) is 0 Å². The molecule has 19 heavy (non-hydrogen) atoms. The number of benzene rings is 1. The van der Waals surface area contributed by atoms with Gasteiger partial charge in [-0.25, -0.2) is 0 Å². The van der Waals surface area contributed by atoms with Gasteiger partial charge in [-0.1, -0.05) is 45.9 Å². The topological polar surface area (TPSA) is 12.0 Å². The van der Waals surface area contributed by atoms with Gasteiger partial charge >= 0.3 is 0 Å². The van der Waals surface area contributed by atoms with Crippen molar-refractivity contribution in [3.05, 3.63) is 51.7 Å². The van der Waals surface area contributed by atoms with Gasteiger partial charge in [0, 0.05) is 22.0 Å². The SMILES string of the molecule is CCc1ccccc1NCc1ccc(C(C)(C)C)s1. The zero-order valence-electron chi connectivity index (χ0n) is 12.3. The molecule has 0 bridgehead atoms. The minimum atomic E-state index is 0.254. The molecule has 0 aliphatic rings. The number of hydrogen-bond donors (Lipinski definition) is 1. The summed E-state index contributed by atoms with van der Waals surface area (Å²) in [7, 11) is 0. The molecule has 2 rings (SSSR count). The van der Waals surface area contributed by atoms with Gasteiger partial charge in [-0.15, -0.1) is 11.3 Å². The third kappa shape index (κ3) is 3.60. The van der Waals surface area contributed by atoms with Gasteiger partial charge in [0.05, 0.1) is 0 Å². The van der Waals surface area contributed by atoms with E-state index in [1.807, 2.05) is 11.3 Å². The summed E-state index contributed by atoms with van der Waals surface area (Å²) in [6.45, 7) is 9.91. The molecule has 0 saturated heterocycles. The van der Waals surface area contributed by atoms with Crippen molar-refractivity contribution in [2.75, 3.05) is 5.32 Å². The molecule has 0 fully saturated rings. The van der Waals surface area contributed by atoms with Gasteiger partial charge < -0.3 is 5.32 Å². The van der Waals surface area contributed by atoms with E-state index in [2.05, 4.69) is 69.4 Å². The van der Waals surface area contributed by atoms with Gasteiger partial charge in [-0.2, -0.15) is 0 Å². The summed E-state index contributed by atoms with van der Waals surface area (Å²) in [6, 6.07) is 13.1. The quantitative estimate of drug-likeness (QED) is 0.805. The molecule has 0 atom stereocenters. The van der Waals surface area contributed by atoms with Crippen LogP contribution in [0.3, 0.4) is 0 Å². The highest BCUT2D eigenvalue weighted by molar-refractivity contribution is 7.12. The average molecular weight is 273 g/mol. The Morgan fingerprint density at radius 1 is 1.05 bits per heavy atom. The van der Waals surface area contributed by atoms with Crippen molar-refractivity contribution < 1.29 is 0 Å². The standard InChI is InChI=1S/C17H23NS/c1-5-13-8-6-7-9-15(13)18-12-14-10-11-16(19-14)17(2,3)4/h6-11,18H,5,12H2,1-4H3. The third-order valence-corrected chi connectivity index (χ3v) is 4.76. The molecule has 1 N–H and O–H groups in total. The molecular formula is C17H23NS.